The van der Waals surface area contributed by atoms with Gasteiger partial charge in [-0.05, 0) is 33.0 Å². The molecule has 0 aliphatic heterocycles. The second-order valence-corrected chi connectivity index (χ2v) is 3.66. The third kappa shape index (κ3) is 3.04. The molecule has 1 rings (SSSR count). The summed E-state index contributed by atoms with van der Waals surface area (Å²) in [6.45, 7) is 9.82. The standard InChI is InChI=1S/C11H21N3O/c1-4-14(5-2)8-11-10(6-7-12)9(3)15-13-11/h4-8,12H2,1-3H3. The number of aryl methyl sites for hydroxylation is 1. The maximum atomic E-state index is 5.57. The number of hydrogen-bond acceptors (Lipinski definition) is 4. The number of nitrogens with zero attached hydrogens (tertiary/aromatic N) is 2. The Labute approximate surface area is 91.4 Å². The first-order valence-electron chi connectivity index (χ1n) is 5.59. The van der Waals surface area contributed by atoms with Crippen molar-refractivity contribution in [3.8, 4) is 0 Å². The third-order valence-electron chi connectivity index (χ3n) is 2.73. The molecule has 0 bridgehead atoms. The summed E-state index contributed by atoms with van der Waals surface area (Å²) in [4.78, 5) is 2.32. The van der Waals surface area contributed by atoms with Crippen molar-refractivity contribution in [1.29, 1.82) is 0 Å². The Kier molecular flexibility index (Phi) is 4.78. The zero-order chi connectivity index (χ0) is 11.3. The number of rotatable bonds is 6. The first kappa shape index (κ1) is 12.2. The first-order valence-corrected chi connectivity index (χ1v) is 5.59. The molecule has 0 spiro atoms. The van der Waals surface area contributed by atoms with Crippen LogP contribution in [-0.4, -0.2) is 29.7 Å². The minimum Gasteiger partial charge on any atom is -0.361 e. The predicted molar refractivity (Wildman–Crippen MR) is 60.6 cm³/mol. The van der Waals surface area contributed by atoms with E-state index in [2.05, 4.69) is 23.9 Å². The topological polar surface area (TPSA) is 55.3 Å². The van der Waals surface area contributed by atoms with Crippen LogP contribution in [0, 0.1) is 6.92 Å². The van der Waals surface area contributed by atoms with Gasteiger partial charge in [0, 0.05) is 12.1 Å². The van der Waals surface area contributed by atoms with E-state index in [4.69, 9.17) is 10.3 Å². The van der Waals surface area contributed by atoms with E-state index in [1.54, 1.807) is 0 Å². The van der Waals surface area contributed by atoms with Crippen LogP contribution in [0.2, 0.25) is 0 Å². The van der Waals surface area contributed by atoms with Crippen LogP contribution in [0.1, 0.15) is 30.9 Å². The molecular weight excluding hydrogens is 190 g/mol. The van der Waals surface area contributed by atoms with Gasteiger partial charge in [-0.2, -0.15) is 0 Å². The van der Waals surface area contributed by atoms with Crippen molar-refractivity contribution in [2.24, 2.45) is 5.73 Å². The quantitative estimate of drug-likeness (QED) is 0.771. The molecule has 1 aromatic rings. The smallest absolute Gasteiger partial charge is 0.137 e. The lowest BCUT2D eigenvalue weighted by Gasteiger charge is -2.16. The molecule has 0 aliphatic carbocycles. The van der Waals surface area contributed by atoms with E-state index in [0.717, 1.165) is 37.5 Å². The number of hydrogen-bond donors (Lipinski definition) is 1. The minimum atomic E-state index is 0.646. The normalized spacial score (nSPS) is 11.3. The molecule has 0 radical (unpaired) electrons. The summed E-state index contributed by atoms with van der Waals surface area (Å²) in [5, 5.41) is 4.10. The van der Waals surface area contributed by atoms with E-state index in [1.807, 2.05) is 6.92 Å². The summed E-state index contributed by atoms with van der Waals surface area (Å²) in [7, 11) is 0. The van der Waals surface area contributed by atoms with Gasteiger partial charge in [0.25, 0.3) is 0 Å². The average Bonchev–Trinajstić information content (AvgIpc) is 2.58. The van der Waals surface area contributed by atoms with Gasteiger partial charge in [0.15, 0.2) is 0 Å². The second kappa shape index (κ2) is 5.88. The molecule has 0 amide bonds. The Morgan fingerprint density at radius 2 is 2.00 bits per heavy atom. The molecular formula is C11H21N3O. The van der Waals surface area contributed by atoms with Crippen LogP contribution >= 0.6 is 0 Å². The molecule has 4 heteroatoms. The SMILES string of the molecule is CCN(CC)Cc1noc(C)c1CCN. The largest absolute Gasteiger partial charge is 0.361 e. The molecule has 0 saturated carbocycles. The van der Waals surface area contributed by atoms with Gasteiger partial charge >= 0.3 is 0 Å². The fraction of sp³-hybridized carbons (Fsp3) is 0.727. The highest BCUT2D eigenvalue weighted by atomic mass is 16.5. The van der Waals surface area contributed by atoms with Gasteiger partial charge in [-0.25, -0.2) is 0 Å². The Morgan fingerprint density at radius 3 is 2.53 bits per heavy atom. The summed E-state index contributed by atoms with van der Waals surface area (Å²) in [5.74, 6) is 0.905. The Bertz CT molecular complexity index is 292. The molecule has 2 N–H and O–H groups in total. The minimum absolute atomic E-state index is 0.646. The lowest BCUT2D eigenvalue weighted by molar-refractivity contribution is 0.282. The molecule has 4 nitrogen and oxygen atoms in total. The highest BCUT2D eigenvalue weighted by molar-refractivity contribution is 5.22. The van der Waals surface area contributed by atoms with Crippen molar-refractivity contribution in [2.45, 2.75) is 33.7 Å². The van der Waals surface area contributed by atoms with Gasteiger partial charge in [0.2, 0.25) is 0 Å². The summed E-state index contributed by atoms with van der Waals surface area (Å²) in [6, 6.07) is 0. The Morgan fingerprint density at radius 1 is 1.33 bits per heavy atom. The van der Waals surface area contributed by atoms with Gasteiger partial charge in [0.1, 0.15) is 11.5 Å². The van der Waals surface area contributed by atoms with Crippen LogP contribution in [-0.2, 0) is 13.0 Å². The van der Waals surface area contributed by atoms with Crippen LogP contribution in [0.4, 0.5) is 0 Å². The van der Waals surface area contributed by atoms with Gasteiger partial charge in [0.05, 0.1) is 0 Å². The van der Waals surface area contributed by atoms with Crippen molar-refractivity contribution in [2.75, 3.05) is 19.6 Å². The van der Waals surface area contributed by atoms with Crippen molar-refractivity contribution in [3.63, 3.8) is 0 Å². The van der Waals surface area contributed by atoms with E-state index < -0.39 is 0 Å². The number of aromatic nitrogens is 1. The van der Waals surface area contributed by atoms with Gasteiger partial charge in [-0.3, -0.25) is 4.90 Å². The van der Waals surface area contributed by atoms with Crippen LogP contribution in [0.25, 0.3) is 0 Å². The van der Waals surface area contributed by atoms with E-state index >= 15 is 0 Å². The highest BCUT2D eigenvalue weighted by Gasteiger charge is 2.13. The predicted octanol–water partition coefficient (Wildman–Crippen LogP) is 1.33. The lowest BCUT2D eigenvalue weighted by atomic mass is 10.1. The molecule has 0 saturated heterocycles. The van der Waals surface area contributed by atoms with E-state index in [1.165, 1.54) is 5.56 Å². The molecule has 1 aromatic heterocycles. The van der Waals surface area contributed by atoms with Crippen molar-refractivity contribution >= 4 is 0 Å². The maximum Gasteiger partial charge on any atom is 0.137 e. The molecule has 0 aliphatic rings. The van der Waals surface area contributed by atoms with Gasteiger partial charge < -0.3 is 10.3 Å². The summed E-state index contributed by atoms with van der Waals surface area (Å²) in [5.41, 5.74) is 7.80. The van der Waals surface area contributed by atoms with Crippen LogP contribution in [0.15, 0.2) is 4.52 Å². The summed E-state index contributed by atoms with van der Waals surface area (Å²) >= 11 is 0. The lowest BCUT2D eigenvalue weighted by Crippen LogP contribution is -2.23. The molecule has 0 unspecified atom stereocenters. The van der Waals surface area contributed by atoms with Crippen LogP contribution in [0.5, 0.6) is 0 Å². The van der Waals surface area contributed by atoms with Gasteiger partial charge in [-0.1, -0.05) is 19.0 Å². The van der Waals surface area contributed by atoms with Crippen LogP contribution < -0.4 is 5.73 Å². The van der Waals surface area contributed by atoms with Crippen molar-refractivity contribution < 1.29 is 4.52 Å². The molecule has 0 atom stereocenters. The van der Waals surface area contributed by atoms with E-state index in [9.17, 15) is 0 Å². The maximum absolute atomic E-state index is 5.57. The summed E-state index contributed by atoms with van der Waals surface area (Å²) < 4.78 is 5.21. The van der Waals surface area contributed by atoms with E-state index in [-0.39, 0.29) is 0 Å². The number of nitrogens with two attached hydrogens (primary N) is 1. The van der Waals surface area contributed by atoms with Crippen molar-refractivity contribution in [1.82, 2.24) is 10.1 Å². The van der Waals surface area contributed by atoms with Crippen molar-refractivity contribution in [3.05, 3.63) is 17.0 Å². The molecule has 86 valence electrons. The molecule has 0 fully saturated rings. The van der Waals surface area contributed by atoms with E-state index in [0.29, 0.717) is 6.54 Å². The van der Waals surface area contributed by atoms with Gasteiger partial charge in [-0.15, -0.1) is 0 Å². The zero-order valence-corrected chi connectivity index (χ0v) is 9.92. The molecule has 0 aromatic carbocycles. The Hall–Kier alpha value is -0.870. The fourth-order valence-electron chi connectivity index (χ4n) is 1.68. The fourth-order valence-corrected chi connectivity index (χ4v) is 1.68. The van der Waals surface area contributed by atoms with Crippen LogP contribution in [0.3, 0.4) is 0 Å². The third-order valence-corrected chi connectivity index (χ3v) is 2.73. The monoisotopic (exact) mass is 211 g/mol. The first-order chi connectivity index (χ1) is 7.22. The summed E-state index contributed by atoms with van der Waals surface area (Å²) in [6.07, 6.45) is 0.853. The average molecular weight is 211 g/mol. The highest BCUT2D eigenvalue weighted by Crippen LogP contribution is 2.15. The Balaban J connectivity index is 2.75. The second-order valence-electron chi connectivity index (χ2n) is 3.66. The molecule has 1 heterocycles. The molecule has 15 heavy (non-hydrogen) atoms. The zero-order valence-electron chi connectivity index (χ0n) is 9.92.